The molecule has 0 saturated heterocycles. The Kier molecular flexibility index (Phi) is 5.23. The molecule has 0 rings (SSSR count). The van der Waals surface area contributed by atoms with Crippen molar-refractivity contribution in [2.24, 2.45) is 5.92 Å². The second-order valence-electron chi connectivity index (χ2n) is 3.60. The van der Waals surface area contributed by atoms with Crippen LogP contribution in [-0.4, -0.2) is 12.7 Å². The normalized spacial score (nSPS) is 16.1. The van der Waals surface area contributed by atoms with E-state index in [4.69, 9.17) is 4.74 Å². The molecule has 0 aromatic carbocycles. The number of hydrogen-bond donors (Lipinski definition) is 0. The zero-order chi connectivity index (χ0) is 9.61. The standard InChI is InChI=1S/C11H22O/c1-6-8-9-11(7-2,12-5)10(3)4/h6,10H,1,7-9H2,2-5H3/t11-/m1/s1. The van der Waals surface area contributed by atoms with Crippen molar-refractivity contribution in [3.05, 3.63) is 12.7 Å². The highest BCUT2D eigenvalue weighted by atomic mass is 16.5. The molecule has 0 spiro atoms. The quantitative estimate of drug-likeness (QED) is 0.555. The van der Waals surface area contributed by atoms with Gasteiger partial charge in [-0.05, 0) is 25.2 Å². The monoisotopic (exact) mass is 170 g/mol. The minimum atomic E-state index is 0.0637. The minimum Gasteiger partial charge on any atom is -0.378 e. The molecule has 0 saturated carbocycles. The second kappa shape index (κ2) is 5.36. The molecule has 72 valence electrons. The maximum atomic E-state index is 5.60. The molecule has 0 unspecified atom stereocenters. The van der Waals surface area contributed by atoms with E-state index in [1.807, 2.05) is 13.2 Å². The van der Waals surface area contributed by atoms with E-state index in [2.05, 4.69) is 27.4 Å². The Morgan fingerprint density at radius 1 is 1.50 bits per heavy atom. The number of allylic oxidation sites excluding steroid dienone is 1. The van der Waals surface area contributed by atoms with E-state index >= 15 is 0 Å². The first kappa shape index (κ1) is 11.7. The average molecular weight is 170 g/mol. The van der Waals surface area contributed by atoms with Crippen LogP contribution in [-0.2, 0) is 4.74 Å². The van der Waals surface area contributed by atoms with Crippen molar-refractivity contribution in [1.29, 1.82) is 0 Å². The van der Waals surface area contributed by atoms with Crippen LogP contribution in [0.15, 0.2) is 12.7 Å². The lowest BCUT2D eigenvalue weighted by molar-refractivity contribution is -0.0565. The predicted molar refractivity (Wildman–Crippen MR) is 54.3 cm³/mol. The molecule has 1 nitrogen and oxygen atoms in total. The van der Waals surface area contributed by atoms with Crippen molar-refractivity contribution in [1.82, 2.24) is 0 Å². The first-order chi connectivity index (χ1) is 5.63. The maximum Gasteiger partial charge on any atom is 0.0701 e. The van der Waals surface area contributed by atoms with E-state index in [0.29, 0.717) is 5.92 Å². The van der Waals surface area contributed by atoms with E-state index in [1.54, 1.807) is 0 Å². The Hall–Kier alpha value is -0.300. The van der Waals surface area contributed by atoms with Gasteiger partial charge in [0, 0.05) is 7.11 Å². The molecule has 0 heterocycles. The molecule has 0 aromatic heterocycles. The zero-order valence-corrected chi connectivity index (χ0v) is 8.89. The summed E-state index contributed by atoms with van der Waals surface area (Å²) in [5.41, 5.74) is 0.0637. The van der Waals surface area contributed by atoms with Gasteiger partial charge in [-0.1, -0.05) is 26.8 Å². The van der Waals surface area contributed by atoms with Crippen LogP contribution in [0.1, 0.15) is 40.0 Å². The Bertz CT molecular complexity index is 123. The summed E-state index contributed by atoms with van der Waals surface area (Å²) in [5, 5.41) is 0. The molecule has 0 radical (unpaired) electrons. The molecule has 12 heavy (non-hydrogen) atoms. The second-order valence-corrected chi connectivity index (χ2v) is 3.60. The van der Waals surface area contributed by atoms with Gasteiger partial charge < -0.3 is 4.74 Å². The number of rotatable bonds is 6. The molecule has 0 aliphatic heterocycles. The first-order valence-corrected chi connectivity index (χ1v) is 4.79. The molecule has 0 aromatic rings. The molecule has 0 bridgehead atoms. The van der Waals surface area contributed by atoms with Crippen molar-refractivity contribution in [2.45, 2.75) is 45.6 Å². The summed E-state index contributed by atoms with van der Waals surface area (Å²) in [4.78, 5) is 0. The van der Waals surface area contributed by atoms with Crippen LogP contribution in [0.4, 0.5) is 0 Å². The van der Waals surface area contributed by atoms with Gasteiger partial charge in [0.15, 0.2) is 0 Å². The maximum absolute atomic E-state index is 5.60. The van der Waals surface area contributed by atoms with Gasteiger partial charge in [0.1, 0.15) is 0 Å². The van der Waals surface area contributed by atoms with Gasteiger partial charge in [-0.3, -0.25) is 0 Å². The van der Waals surface area contributed by atoms with Gasteiger partial charge >= 0.3 is 0 Å². The Balaban J connectivity index is 4.24. The fraction of sp³-hybridized carbons (Fsp3) is 0.818. The number of ether oxygens (including phenoxy) is 1. The van der Waals surface area contributed by atoms with Crippen LogP contribution in [0.2, 0.25) is 0 Å². The van der Waals surface area contributed by atoms with Crippen LogP contribution < -0.4 is 0 Å². The molecular formula is C11H22O. The Morgan fingerprint density at radius 3 is 2.33 bits per heavy atom. The van der Waals surface area contributed by atoms with E-state index in [1.165, 1.54) is 0 Å². The average Bonchev–Trinajstić information content (AvgIpc) is 2.07. The highest BCUT2D eigenvalue weighted by Gasteiger charge is 2.30. The summed E-state index contributed by atoms with van der Waals surface area (Å²) in [5.74, 6) is 0.576. The van der Waals surface area contributed by atoms with E-state index in [0.717, 1.165) is 19.3 Å². The van der Waals surface area contributed by atoms with Crippen molar-refractivity contribution < 1.29 is 4.74 Å². The molecule has 0 aliphatic carbocycles. The summed E-state index contributed by atoms with van der Waals surface area (Å²) >= 11 is 0. The summed E-state index contributed by atoms with van der Waals surface area (Å²) in [6.45, 7) is 10.4. The van der Waals surface area contributed by atoms with Gasteiger partial charge in [0.25, 0.3) is 0 Å². The molecule has 0 N–H and O–H groups in total. The Morgan fingerprint density at radius 2 is 2.08 bits per heavy atom. The molecule has 0 aliphatic rings. The zero-order valence-electron chi connectivity index (χ0n) is 8.89. The third kappa shape index (κ3) is 2.63. The molecule has 1 heteroatoms. The van der Waals surface area contributed by atoms with E-state index in [-0.39, 0.29) is 5.60 Å². The highest BCUT2D eigenvalue weighted by molar-refractivity contribution is 4.85. The SMILES string of the molecule is C=CCC[C@@](CC)(OC)C(C)C. The highest BCUT2D eigenvalue weighted by Crippen LogP contribution is 2.30. The lowest BCUT2D eigenvalue weighted by Crippen LogP contribution is -2.36. The molecular weight excluding hydrogens is 148 g/mol. The minimum absolute atomic E-state index is 0.0637. The van der Waals surface area contributed by atoms with Crippen LogP contribution in [0.5, 0.6) is 0 Å². The largest absolute Gasteiger partial charge is 0.378 e. The van der Waals surface area contributed by atoms with Gasteiger partial charge in [-0.2, -0.15) is 0 Å². The topological polar surface area (TPSA) is 9.23 Å². The molecule has 0 fully saturated rings. The smallest absolute Gasteiger partial charge is 0.0701 e. The number of methoxy groups -OCH3 is 1. The van der Waals surface area contributed by atoms with Gasteiger partial charge in [0.2, 0.25) is 0 Å². The van der Waals surface area contributed by atoms with Crippen molar-refractivity contribution in [2.75, 3.05) is 7.11 Å². The molecule has 1 atom stereocenters. The van der Waals surface area contributed by atoms with Crippen LogP contribution >= 0.6 is 0 Å². The van der Waals surface area contributed by atoms with Crippen molar-refractivity contribution in [3.63, 3.8) is 0 Å². The van der Waals surface area contributed by atoms with E-state index < -0.39 is 0 Å². The third-order valence-electron chi connectivity index (χ3n) is 2.83. The fourth-order valence-corrected chi connectivity index (χ4v) is 1.70. The van der Waals surface area contributed by atoms with E-state index in [9.17, 15) is 0 Å². The summed E-state index contributed by atoms with van der Waals surface area (Å²) in [6, 6.07) is 0. The van der Waals surface area contributed by atoms with Gasteiger partial charge in [-0.25, -0.2) is 0 Å². The van der Waals surface area contributed by atoms with Crippen LogP contribution in [0.3, 0.4) is 0 Å². The first-order valence-electron chi connectivity index (χ1n) is 4.79. The summed E-state index contributed by atoms with van der Waals surface area (Å²) in [6.07, 6.45) is 5.17. The van der Waals surface area contributed by atoms with Crippen molar-refractivity contribution >= 4 is 0 Å². The van der Waals surface area contributed by atoms with Crippen LogP contribution in [0.25, 0.3) is 0 Å². The molecule has 0 amide bonds. The lowest BCUT2D eigenvalue weighted by atomic mass is 9.83. The lowest BCUT2D eigenvalue weighted by Gasteiger charge is -2.35. The Labute approximate surface area is 76.8 Å². The summed E-state index contributed by atoms with van der Waals surface area (Å²) < 4.78 is 5.60. The van der Waals surface area contributed by atoms with Gasteiger partial charge in [0.05, 0.1) is 5.60 Å². The summed E-state index contributed by atoms with van der Waals surface area (Å²) in [7, 11) is 1.81. The van der Waals surface area contributed by atoms with Crippen molar-refractivity contribution in [3.8, 4) is 0 Å². The third-order valence-corrected chi connectivity index (χ3v) is 2.83. The number of hydrogen-bond acceptors (Lipinski definition) is 1. The van der Waals surface area contributed by atoms with Crippen LogP contribution in [0, 0.1) is 5.92 Å². The fourth-order valence-electron chi connectivity index (χ4n) is 1.70. The van der Waals surface area contributed by atoms with Gasteiger partial charge in [-0.15, -0.1) is 6.58 Å². The predicted octanol–water partition coefficient (Wildman–Crippen LogP) is 3.40.